The van der Waals surface area contributed by atoms with Crippen LogP contribution < -0.4 is 16.4 Å². The summed E-state index contributed by atoms with van der Waals surface area (Å²) >= 11 is 0. The van der Waals surface area contributed by atoms with Gasteiger partial charge in [-0.25, -0.2) is 4.79 Å². The number of benzene rings is 1. The van der Waals surface area contributed by atoms with Crippen LogP contribution in [0.2, 0.25) is 0 Å². The Balaban J connectivity index is 3.59. The van der Waals surface area contributed by atoms with Crippen LogP contribution in [0.3, 0.4) is 0 Å². The largest absolute Gasteiger partial charge is 0.444 e. The quantitative estimate of drug-likeness (QED) is 0.343. The zero-order valence-electron chi connectivity index (χ0n) is 24.7. The van der Waals surface area contributed by atoms with Crippen molar-refractivity contribution in [3.05, 3.63) is 34.9 Å². The van der Waals surface area contributed by atoms with Crippen molar-refractivity contribution >= 4 is 23.8 Å². The van der Waals surface area contributed by atoms with Crippen molar-refractivity contribution in [2.75, 3.05) is 6.54 Å². The van der Waals surface area contributed by atoms with Crippen LogP contribution in [0.1, 0.15) is 103 Å². The average Bonchev–Trinajstić information content (AvgIpc) is 2.76. The zero-order valence-corrected chi connectivity index (χ0v) is 24.7. The number of unbranched alkanes of at least 4 members (excludes halogenated alkanes) is 2. The van der Waals surface area contributed by atoms with Gasteiger partial charge in [-0.3, -0.25) is 14.4 Å². The molecule has 214 valence electrons. The number of rotatable bonds is 12. The Morgan fingerprint density at radius 1 is 1.03 bits per heavy atom. The van der Waals surface area contributed by atoms with Crippen LogP contribution in [0.25, 0.3) is 0 Å². The van der Waals surface area contributed by atoms with Gasteiger partial charge in [0, 0.05) is 18.5 Å². The zero-order chi connectivity index (χ0) is 29.3. The number of primary amides is 1. The summed E-state index contributed by atoms with van der Waals surface area (Å²) in [6, 6.07) is 3.71. The predicted molar refractivity (Wildman–Crippen MR) is 149 cm³/mol. The number of alkyl carbamates (subject to hydrolysis) is 1. The molecule has 0 spiro atoms. The van der Waals surface area contributed by atoms with Crippen molar-refractivity contribution in [3.63, 3.8) is 0 Å². The van der Waals surface area contributed by atoms with E-state index in [0.717, 1.165) is 30.4 Å². The SMILES string of the molecule is CCCCCNC(=O)C(c1cc(C)ccc1C)N(C(=O)C(CCC(N)=O)NC(=O)OC(C)(C)C)C(C)(C)C. The molecule has 0 saturated carbocycles. The summed E-state index contributed by atoms with van der Waals surface area (Å²) < 4.78 is 5.38. The number of nitrogens with zero attached hydrogens (tertiary/aromatic N) is 1. The fourth-order valence-electron chi connectivity index (χ4n) is 4.14. The van der Waals surface area contributed by atoms with Gasteiger partial charge in [-0.15, -0.1) is 0 Å². The van der Waals surface area contributed by atoms with E-state index in [4.69, 9.17) is 10.5 Å². The summed E-state index contributed by atoms with van der Waals surface area (Å²) in [5, 5.41) is 5.63. The smallest absolute Gasteiger partial charge is 0.408 e. The van der Waals surface area contributed by atoms with E-state index in [-0.39, 0.29) is 18.7 Å². The molecule has 0 bridgehead atoms. The molecule has 1 aromatic rings. The van der Waals surface area contributed by atoms with Crippen LogP contribution in [-0.2, 0) is 19.1 Å². The Labute approximate surface area is 228 Å². The highest BCUT2D eigenvalue weighted by atomic mass is 16.6. The Morgan fingerprint density at radius 2 is 1.66 bits per heavy atom. The molecule has 2 unspecified atom stereocenters. The fourth-order valence-corrected chi connectivity index (χ4v) is 4.14. The fraction of sp³-hybridized carbons (Fsp3) is 0.655. The molecule has 0 radical (unpaired) electrons. The molecule has 4 N–H and O–H groups in total. The third-order valence-corrected chi connectivity index (χ3v) is 5.94. The molecule has 4 amide bonds. The first-order valence-corrected chi connectivity index (χ1v) is 13.4. The number of amides is 4. The first-order chi connectivity index (χ1) is 17.5. The van der Waals surface area contributed by atoms with Gasteiger partial charge in [0.25, 0.3) is 0 Å². The Morgan fingerprint density at radius 3 is 2.18 bits per heavy atom. The van der Waals surface area contributed by atoms with Crippen molar-refractivity contribution in [1.82, 2.24) is 15.5 Å². The van der Waals surface area contributed by atoms with Crippen LogP contribution in [0.5, 0.6) is 0 Å². The van der Waals surface area contributed by atoms with Gasteiger partial charge < -0.3 is 26.0 Å². The second-order valence-electron chi connectivity index (χ2n) is 11.8. The average molecular weight is 533 g/mol. The maximum atomic E-state index is 14.2. The van der Waals surface area contributed by atoms with Gasteiger partial charge in [0.15, 0.2) is 0 Å². The molecule has 9 heteroatoms. The highest BCUT2D eigenvalue weighted by Crippen LogP contribution is 2.32. The lowest BCUT2D eigenvalue weighted by atomic mass is 9.91. The van der Waals surface area contributed by atoms with Crippen molar-refractivity contribution in [2.24, 2.45) is 5.73 Å². The van der Waals surface area contributed by atoms with Crippen LogP contribution in [0, 0.1) is 13.8 Å². The molecule has 0 aliphatic carbocycles. The Hall–Kier alpha value is -3.10. The van der Waals surface area contributed by atoms with Gasteiger partial charge in [-0.1, -0.05) is 43.5 Å². The van der Waals surface area contributed by atoms with Crippen molar-refractivity contribution in [2.45, 2.75) is 118 Å². The summed E-state index contributed by atoms with van der Waals surface area (Å²) in [6.45, 7) is 17.1. The minimum Gasteiger partial charge on any atom is -0.444 e. The highest BCUT2D eigenvalue weighted by molar-refractivity contribution is 5.93. The number of carbonyl (C=O) groups excluding carboxylic acids is 4. The molecule has 0 heterocycles. The van der Waals surface area contributed by atoms with E-state index in [2.05, 4.69) is 17.6 Å². The van der Waals surface area contributed by atoms with Crippen LogP contribution in [0.4, 0.5) is 4.79 Å². The molecule has 0 saturated heterocycles. The number of nitrogens with two attached hydrogens (primary N) is 1. The molecule has 0 fully saturated rings. The number of ether oxygens (including phenoxy) is 1. The molecular formula is C29H48N4O5. The first-order valence-electron chi connectivity index (χ1n) is 13.4. The van der Waals surface area contributed by atoms with E-state index in [0.29, 0.717) is 12.1 Å². The van der Waals surface area contributed by atoms with E-state index in [1.165, 1.54) is 4.90 Å². The lowest BCUT2D eigenvalue weighted by Gasteiger charge is -2.43. The lowest BCUT2D eigenvalue weighted by Crippen LogP contribution is -2.58. The molecule has 2 atom stereocenters. The molecule has 1 rings (SSSR count). The number of hydrogen-bond donors (Lipinski definition) is 3. The molecule has 38 heavy (non-hydrogen) atoms. The molecule has 0 aliphatic rings. The van der Waals surface area contributed by atoms with Crippen LogP contribution in [0.15, 0.2) is 18.2 Å². The summed E-state index contributed by atoms with van der Waals surface area (Å²) in [6.07, 6.45) is 1.87. The van der Waals surface area contributed by atoms with Gasteiger partial charge in [0.05, 0.1) is 0 Å². The molecule has 9 nitrogen and oxygen atoms in total. The number of carbonyl (C=O) groups is 4. The standard InChI is InChI=1S/C29H48N4O5/c1-10-11-12-17-31-25(35)24(21-18-19(2)13-14-20(21)3)33(28(4,5)6)26(36)22(15-16-23(30)34)32-27(37)38-29(7,8)9/h13-14,18,22,24H,10-12,15-17H2,1-9H3,(H2,30,34)(H,31,35)(H,32,37). The van der Waals surface area contributed by atoms with Crippen molar-refractivity contribution in [1.29, 1.82) is 0 Å². The Bertz CT molecular complexity index is 978. The van der Waals surface area contributed by atoms with E-state index < -0.39 is 41.1 Å². The van der Waals surface area contributed by atoms with E-state index >= 15 is 0 Å². The number of aryl methyl sites for hydroxylation is 2. The molecule has 0 aliphatic heterocycles. The molecular weight excluding hydrogens is 484 g/mol. The minimum absolute atomic E-state index is 0.0301. The summed E-state index contributed by atoms with van der Waals surface area (Å²) in [5.74, 6) is -1.40. The maximum Gasteiger partial charge on any atom is 0.408 e. The van der Waals surface area contributed by atoms with Gasteiger partial charge >= 0.3 is 6.09 Å². The van der Waals surface area contributed by atoms with Crippen LogP contribution >= 0.6 is 0 Å². The monoisotopic (exact) mass is 532 g/mol. The van der Waals surface area contributed by atoms with Gasteiger partial charge in [-0.05, 0) is 79.4 Å². The molecule has 1 aromatic carbocycles. The van der Waals surface area contributed by atoms with Crippen molar-refractivity contribution in [3.8, 4) is 0 Å². The second-order valence-corrected chi connectivity index (χ2v) is 11.8. The number of nitrogens with one attached hydrogen (secondary N) is 2. The summed E-state index contributed by atoms with van der Waals surface area (Å²) in [5.41, 5.74) is 6.29. The summed E-state index contributed by atoms with van der Waals surface area (Å²) in [7, 11) is 0. The predicted octanol–water partition coefficient (Wildman–Crippen LogP) is 4.44. The normalized spacial score (nSPS) is 13.3. The van der Waals surface area contributed by atoms with Crippen LogP contribution in [-0.4, -0.2) is 52.4 Å². The van der Waals surface area contributed by atoms with Gasteiger partial charge in [0.1, 0.15) is 17.7 Å². The van der Waals surface area contributed by atoms with E-state index in [1.807, 2.05) is 52.8 Å². The summed E-state index contributed by atoms with van der Waals surface area (Å²) in [4.78, 5) is 53.8. The van der Waals surface area contributed by atoms with Gasteiger partial charge in [0.2, 0.25) is 17.7 Å². The second kappa shape index (κ2) is 14.2. The minimum atomic E-state index is -1.13. The number of hydrogen-bond acceptors (Lipinski definition) is 5. The lowest BCUT2D eigenvalue weighted by molar-refractivity contribution is -0.148. The highest BCUT2D eigenvalue weighted by Gasteiger charge is 2.42. The van der Waals surface area contributed by atoms with Gasteiger partial charge in [-0.2, -0.15) is 0 Å². The Kier molecular flexibility index (Phi) is 12.3. The topological polar surface area (TPSA) is 131 Å². The molecule has 0 aromatic heterocycles. The van der Waals surface area contributed by atoms with Crippen molar-refractivity contribution < 1.29 is 23.9 Å². The van der Waals surface area contributed by atoms with E-state index in [9.17, 15) is 19.2 Å². The maximum absolute atomic E-state index is 14.2. The third-order valence-electron chi connectivity index (χ3n) is 5.94. The van der Waals surface area contributed by atoms with E-state index in [1.54, 1.807) is 20.8 Å². The third kappa shape index (κ3) is 10.7. The first kappa shape index (κ1) is 32.9.